The minimum absolute atomic E-state index is 0.0361. The summed E-state index contributed by atoms with van der Waals surface area (Å²) in [5.41, 5.74) is -5.41. The molecule has 0 spiro atoms. The van der Waals surface area contributed by atoms with E-state index in [1.165, 1.54) is 6.08 Å². The zero-order valence-electron chi connectivity index (χ0n) is 14.9. The summed E-state index contributed by atoms with van der Waals surface area (Å²) >= 11 is 0. The van der Waals surface area contributed by atoms with Crippen molar-refractivity contribution in [1.82, 2.24) is 0 Å². The Hall–Kier alpha value is -0.543. The van der Waals surface area contributed by atoms with Crippen LogP contribution in [0.3, 0.4) is 0 Å². The highest BCUT2D eigenvalue weighted by molar-refractivity contribution is 7.87. The number of halogens is 3. The van der Waals surface area contributed by atoms with Gasteiger partial charge in [0.05, 0.1) is 0 Å². The van der Waals surface area contributed by atoms with Gasteiger partial charge in [-0.05, 0) is 49.9 Å². The summed E-state index contributed by atoms with van der Waals surface area (Å²) in [4.78, 5) is 0. The summed E-state index contributed by atoms with van der Waals surface area (Å²) in [7, 11) is -7.55. The maximum Gasteiger partial charge on any atom is 0.534 e. The number of hydrogen-bond acceptors (Lipinski definition) is 4. The van der Waals surface area contributed by atoms with Crippen molar-refractivity contribution in [2.24, 2.45) is 5.92 Å². The van der Waals surface area contributed by atoms with Gasteiger partial charge in [0, 0.05) is 12.5 Å². The Balaban J connectivity index is 2.71. The van der Waals surface area contributed by atoms with E-state index >= 15 is 0 Å². The predicted octanol–water partition coefficient (Wildman–Crippen LogP) is 4.95. The van der Waals surface area contributed by atoms with Crippen molar-refractivity contribution < 1.29 is 30.2 Å². The summed E-state index contributed by atoms with van der Waals surface area (Å²) in [6.45, 7) is 10.9. The van der Waals surface area contributed by atoms with E-state index in [-0.39, 0.29) is 16.7 Å². The molecule has 0 aromatic heterocycles. The Morgan fingerprint density at radius 3 is 2.33 bits per heavy atom. The lowest BCUT2D eigenvalue weighted by Crippen LogP contribution is -2.41. The molecule has 9 heteroatoms. The molecule has 0 radical (unpaired) electrons. The van der Waals surface area contributed by atoms with Crippen LogP contribution in [0.2, 0.25) is 18.1 Å². The summed E-state index contributed by atoms with van der Waals surface area (Å²) in [5.74, 6) is -0.460. The van der Waals surface area contributed by atoms with Crippen molar-refractivity contribution in [2.45, 2.75) is 70.1 Å². The number of rotatable bonds is 6. The molecule has 0 aliphatic heterocycles. The Morgan fingerprint density at radius 1 is 1.25 bits per heavy atom. The quantitative estimate of drug-likeness (QED) is 0.367. The highest BCUT2D eigenvalue weighted by atomic mass is 32.2. The molecule has 1 atom stereocenters. The Bertz CT molecular complexity index is 562. The van der Waals surface area contributed by atoms with Gasteiger partial charge >= 0.3 is 15.6 Å². The van der Waals surface area contributed by atoms with Gasteiger partial charge in [0.15, 0.2) is 8.32 Å². The normalized spacial score (nSPS) is 20.7. The lowest BCUT2D eigenvalue weighted by molar-refractivity contribution is -0.0528. The molecule has 0 N–H and O–H groups in total. The van der Waals surface area contributed by atoms with Crippen molar-refractivity contribution in [1.29, 1.82) is 0 Å². The first-order valence-corrected chi connectivity index (χ1v) is 12.3. The zero-order valence-corrected chi connectivity index (χ0v) is 16.7. The second-order valence-corrected chi connectivity index (χ2v) is 14.0. The van der Waals surface area contributed by atoms with E-state index in [4.69, 9.17) is 4.43 Å². The van der Waals surface area contributed by atoms with Crippen LogP contribution in [0.4, 0.5) is 13.2 Å². The van der Waals surface area contributed by atoms with E-state index in [2.05, 4.69) is 38.0 Å². The molecule has 24 heavy (non-hydrogen) atoms. The van der Waals surface area contributed by atoms with Crippen molar-refractivity contribution in [3.05, 3.63) is 11.8 Å². The molecule has 4 nitrogen and oxygen atoms in total. The third-order valence-electron chi connectivity index (χ3n) is 4.73. The van der Waals surface area contributed by atoms with Crippen LogP contribution in [0, 0.1) is 5.92 Å². The van der Waals surface area contributed by atoms with Crippen LogP contribution in [0.15, 0.2) is 11.8 Å². The van der Waals surface area contributed by atoms with Crippen LogP contribution in [0.5, 0.6) is 0 Å². The van der Waals surface area contributed by atoms with Gasteiger partial charge in [0.25, 0.3) is 0 Å². The Morgan fingerprint density at radius 2 is 1.83 bits per heavy atom. The maximum absolute atomic E-state index is 12.5. The minimum atomic E-state index is -5.61. The highest BCUT2D eigenvalue weighted by Crippen LogP contribution is 2.38. The van der Waals surface area contributed by atoms with Gasteiger partial charge in [-0.15, -0.1) is 0 Å². The van der Waals surface area contributed by atoms with E-state index in [0.717, 1.165) is 6.42 Å². The smallest absolute Gasteiger partial charge is 0.417 e. The number of allylic oxidation sites excluding steroid dienone is 2. The summed E-state index contributed by atoms with van der Waals surface area (Å²) in [6.07, 6.45) is 3.81. The highest BCUT2D eigenvalue weighted by Gasteiger charge is 2.49. The fourth-order valence-electron chi connectivity index (χ4n) is 2.15. The van der Waals surface area contributed by atoms with Crippen LogP contribution in [0.25, 0.3) is 0 Å². The Labute approximate surface area is 143 Å². The Kier molecular flexibility index (Phi) is 6.60. The zero-order chi connectivity index (χ0) is 18.8. The van der Waals surface area contributed by atoms with Gasteiger partial charge in [0.1, 0.15) is 5.76 Å². The fourth-order valence-corrected chi connectivity index (χ4v) is 3.77. The average Bonchev–Trinajstić information content (AvgIpc) is 2.37. The molecule has 1 unspecified atom stereocenters. The van der Waals surface area contributed by atoms with Crippen LogP contribution in [-0.4, -0.2) is 28.9 Å². The summed E-state index contributed by atoms with van der Waals surface area (Å²) < 4.78 is 70.3. The SMILES string of the molecule is CC(C)(C)[Si](C)(C)OCCC1CCCC=C1OS(=O)(=O)C(F)(F)F. The van der Waals surface area contributed by atoms with Crippen LogP contribution < -0.4 is 0 Å². The molecule has 0 bridgehead atoms. The first-order chi connectivity index (χ1) is 10.7. The molecule has 0 amide bonds. The van der Waals surface area contributed by atoms with Gasteiger partial charge in [-0.1, -0.05) is 20.8 Å². The third kappa shape index (κ3) is 5.49. The van der Waals surface area contributed by atoms with Crippen LogP contribution in [0.1, 0.15) is 46.5 Å². The second-order valence-electron chi connectivity index (χ2n) is 7.61. The standard InChI is InChI=1S/C15H27F3O4SSi/c1-14(2,3)24(4,5)21-11-10-12-8-6-7-9-13(12)22-23(19,20)15(16,17)18/h9,12H,6-8,10-11H2,1-5H3. The molecule has 0 aromatic carbocycles. The fraction of sp³-hybridized carbons (Fsp3) is 0.867. The average molecular weight is 389 g/mol. The van der Waals surface area contributed by atoms with Crippen molar-refractivity contribution in [2.75, 3.05) is 6.61 Å². The van der Waals surface area contributed by atoms with E-state index in [0.29, 0.717) is 25.9 Å². The lowest BCUT2D eigenvalue weighted by Gasteiger charge is -2.36. The molecule has 1 aliphatic rings. The largest absolute Gasteiger partial charge is 0.534 e. The lowest BCUT2D eigenvalue weighted by atomic mass is 9.91. The van der Waals surface area contributed by atoms with Gasteiger partial charge in [0.2, 0.25) is 0 Å². The molecule has 0 fully saturated rings. The first-order valence-electron chi connectivity index (χ1n) is 8.02. The molecule has 1 rings (SSSR count). The second kappa shape index (κ2) is 7.37. The molecule has 0 saturated heterocycles. The van der Waals surface area contributed by atoms with Crippen molar-refractivity contribution in [3.63, 3.8) is 0 Å². The molecule has 0 aromatic rings. The van der Waals surface area contributed by atoms with Gasteiger partial charge < -0.3 is 8.61 Å². The van der Waals surface area contributed by atoms with Gasteiger partial charge in [-0.2, -0.15) is 21.6 Å². The van der Waals surface area contributed by atoms with E-state index in [1.54, 1.807) is 0 Å². The molecule has 142 valence electrons. The van der Waals surface area contributed by atoms with E-state index in [9.17, 15) is 21.6 Å². The molecular formula is C15H27F3O4SSi. The summed E-state index contributed by atoms with van der Waals surface area (Å²) in [5, 5.41) is 0.0361. The topological polar surface area (TPSA) is 52.6 Å². The monoisotopic (exact) mass is 388 g/mol. The summed E-state index contributed by atoms with van der Waals surface area (Å²) in [6, 6.07) is 0. The predicted molar refractivity (Wildman–Crippen MR) is 89.2 cm³/mol. The number of hydrogen-bond donors (Lipinski definition) is 0. The van der Waals surface area contributed by atoms with Crippen LogP contribution >= 0.6 is 0 Å². The van der Waals surface area contributed by atoms with Gasteiger partial charge in [-0.3, -0.25) is 0 Å². The number of alkyl halides is 3. The van der Waals surface area contributed by atoms with E-state index in [1.807, 2.05) is 0 Å². The van der Waals surface area contributed by atoms with Gasteiger partial charge in [-0.25, -0.2) is 0 Å². The maximum atomic E-state index is 12.5. The minimum Gasteiger partial charge on any atom is -0.417 e. The van der Waals surface area contributed by atoms with Crippen molar-refractivity contribution >= 4 is 18.4 Å². The molecular weight excluding hydrogens is 361 g/mol. The molecule has 0 saturated carbocycles. The third-order valence-corrected chi connectivity index (χ3v) is 10.2. The van der Waals surface area contributed by atoms with Crippen molar-refractivity contribution in [3.8, 4) is 0 Å². The molecule has 1 aliphatic carbocycles. The van der Waals surface area contributed by atoms with E-state index < -0.39 is 23.9 Å². The van der Waals surface area contributed by atoms with Crippen LogP contribution in [-0.2, 0) is 18.7 Å². The molecule has 0 heterocycles. The first kappa shape index (κ1) is 21.5.